The molecule has 0 atom stereocenters. The number of nitrogens with zero attached hydrogens (tertiary/aromatic N) is 2. The molecule has 0 radical (unpaired) electrons. The van der Waals surface area contributed by atoms with Gasteiger partial charge in [-0.3, -0.25) is 0 Å². The van der Waals surface area contributed by atoms with Crippen molar-refractivity contribution >= 4 is 18.2 Å². The van der Waals surface area contributed by atoms with Crippen molar-refractivity contribution < 1.29 is 14.6 Å². The number of hydrogen-bond donors (Lipinski definition) is 1. The Labute approximate surface area is 162 Å². The van der Waals surface area contributed by atoms with Gasteiger partial charge in [0.05, 0.1) is 6.54 Å². The first kappa shape index (κ1) is 20.9. The first-order valence-electron chi connectivity index (χ1n) is 9.59. The summed E-state index contributed by atoms with van der Waals surface area (Å²) in [4.78, 5) is 11.9. The van der Waals surface area contributed by atoms with Crippen LogP contribution in [-0.2, 0) is 13.0 Å². The molecule has 1 N–H and O–H groups in total. The minimum atomic E-state index is -0.914. The molecule has 2 rings (SSSR count). The molecule has 146 valence electrons. The van der Waals surface area contributed by atoms with E-state index in [1.54, 1.807) is 0 Å². The van der Waals surface area contributed by atoms with Crippen molar-refractivity contribution in [3.05, 3.63) is 29.3 Å². The van der Waals surface area contributed by atoms with Crippen LogP contribution in [0.1, 0.15) is 64.5 Å². The van der Waals surface area contributed by atoms with E-state index >= 15 is 0 Å². The summed E-state index contributed by atoms with van der Waals surface area (Å²) in [6, 6.07) is 6.04. The molecule has 0 aromatic heterocycles. The van der Waals surface area contributed by atoms with E-state index in [1.807, 2.05) is 12.1 Å². The molecule has 1 aliphatic heterocycles. The molecule has 5 nitrogen and oxygen atoms in total. The van der Waals surface area contributed by atoms with Crippen LogP contribution in [0.3, 0.4) is 0 Å². The summed E-state index contributed by atoms with van der Waals surface area (Å²) < 4.78 is 9.70. The van der Waals surface area contributed by atoms with Gasteiger partial charge in [-0.1, -0.05) is 44.9 Å². The smallest absolute Gasteiger partial charge is 0.418 e. The van der Waals surface area contributed by atoms with Gasteiger partial charge >= 0.3 is 6.09 Å². The van der Waals surface area contributed by atoms with Crippen molar-refractivity contribution in [2.24, 2.45) is 0 Å². The van der Waals surface area contributed by atoms with Crippen LogP contribution in [0.4, 0.5) is 4.79 Å². The standard InChI is InChI=1S/C20H32N2O3S/c1-5-7-12-21(13-8-6-2)26-22(19(23)24)15-17-11-9-10-16-14-20(3,4)25-18(16)17/h9-11H,5-8,12-15H2,1-4H3,(H,23,24). The molecule has 1 amide bonds. The highest BCUT2D eigenvalue weighted by Gasteiger charge is 2.32. The normalized spacial score (nSPS) is 15.0. The molecule has 0 spiro atoms. The molecule has 0 fully saturated rings. The Kier molecular flexibility index (Phi) is 7.65. The maximum Gasteiger partial charge on any atom is 0.418 e. The summed E-state index contributed by atoms with van der Waals surface area (Å²) in [5.41, 5.74) is 1.87. The lowest BCUT2D eigenvalue weighted by Crippen LogP contribution is -2.30. The molecule has 1 aliphatic rings. The van der Waals surface area contributed by atoms with Crippen molar-refractivity contribution in [3.8, 4) is 5.75 Å². The maximum atomic E-state index is 11.9. The van der Waals surface area contributed by atoms with Gasteiger partial charge in [0, 0.05) is 37.2 Å². The fraction of sp³-hybridized carbons (Fsp3) is 0.650. The monoisotopic (exact) mass is 380 g/mol. The molecule has 1 heterocycles. The molecule has 0 unspecified atom stereocenters. The lowest BCUT2D eigenvalue weighted by molar-refractivity contribution is 0.136. The Hall–Kier alpha value is -1.40. The summed E-state index contributed by atoms with van der Waals surface area (Å²) in [5, 5.41) is 9.72. The predicted molar refractivity (Wildman–Crippen MR) is 107 cm³/mol. The van der Waals surface area contributed by atoms with Crippen LogP contribution in [0.2, 0.25) is 0 Å². The molecule has 0 saturated heterocycles. The van der Waals surface area contributed by atoms with E-state index in [0.717, 1.165) is 62.1 Å². The van der Waals surface area contributed by atoms with Crippen molar-refractivity contribution in [1.29, 1.82) is 0 Å². The Bertz CT molecular complexity index is 599. The van der Waals surface area contributed by atoms with Crippen LogP contribution >= 0.6 is 12.1 Å². The molecule has 0 saturated carbocycles. The van der Waals surface area contributed by atoms with Gasteiger partial charge in [0.1, 0.15) is 11.4 Å². The first-order valence-corrected chi connectivity index (χ1v) is 10.3. The van der Waals surface area contributed by atoms with Gasteiger partial charge in [0.25, 0.3) is 0 Å². The van der Waals surface area contributed by atoms with Gasteiger partial charge in [0.2, 0.25) is 0 Å². The first-order chi connectivity index (χ1) is 12.4. The van der Waals surface area contributed by atoms with E-state index in [2.05, 4.69) is 38.1 Å². The number of para-hydroxylation sites is 1. The summed E-state index contributed by atoms with van der Waals surface area (Å²) in [6.45, 7) is 10.6. The van der Waals surface area contributed by atoms with Crippen molar-refractivity contribution in [2.45, 2.75) is 71.9 Å². The number of carbonyl (C=O) groups is 1. The lowest BCUT2D eigenvalue weighted by Gasteiger charge is -2.27. The third-order valence-corrected chi connectivity index (χ3v) is 5.51. The number of rotatable bonds is 10. The van der Waals surface area contributed by atoms with Crippen molar-refractivity contribution in [1.82, 2.24) is 8.61 Å². The molecule has 0 aliphatic carbocycles. The zero-order chi connectivity index (χ0) is 19.2. The minimum absolute atomic E-state index is 0.228. The average molecular weight is 381 g/mol. The zero-order valence-corrected chi connectivity index (χ0v) is 17.3. The highest BCUT2D eigenvalue weighted by Crippen LogP contribution is 2.38. The van der Waals surface area contributed by atoms with Gasteiger partial charge in [-0.2, -0.15) is 0 Å². The number of ether oxygens (including phenoxy) is 1. The molecule has 1 aromatic rings. The Morgan fingerprint density at radius 3 is 2.46 bits per heavy atom. The third kappa shape index (κ3) is 5.81. The summed E-state index contributed by atoms with van der Waals surface area (Å²) in [6.07, 6.45) is 4.29. The number of carboxylic acid groups (broad SMARTS) is 1. The second-order valence-electron chi connectivity index (χ2n) is 7.48. The van der Waals surface area contributed by atoms with Crippen molar-refractivity contribution in [3.63, 3.8) is 0 Å². The van der Waals surface area contributed by atoms with E-state index in [4.69, 9.17) is 4.74 Å². The fourth-order valence-corrected chi connectivity index (χ4v) is 4.06. The maximum absolute atomic E-state index is 11.9. The number of fused-ring (bicyclic) bond motifs is 1. The van der Waals surface area contributed by atoms with E-state index in [1.165, 1.54) is 16.4 Å². The van der Waals surface area contributed by atoms with E-state index in [9.17, 15) is 9.90 Å². The Morgan fingerprint density at radius 1 is 1.23 bits per heavy atom. The SMILES string of the molecule is CCCCN(CCCC)SN(Cc1cccc2c1OC(C)(C)C2)C(=O)O. The van der Waals surface area contributed by atoms with Crippen molar-refractivity contribution in [2.75, 3.05) is 13.1 Å². The topological polar surface area (TPSA) is 53.0 Å². The highest BCUT2D eigenvalue weighted by molar-refractivity contribution is 7.95. The van der Waals surface area contributed by atoms with E-state index in [-0.39, 0.29) is 5.60 Å². The lowest BCUT2D eigenvalue weighted by atomic mass is 10.0. The van der Waals surface area contributed by atoms with Gasteiger partial charge in [0.15, 0.2) is 0 Å². The van der Waals surface area contributed by atoms with Crippen LogP contribution in [0, 0.1) is 0 Å². The van der Waals surface area contributed by atoms with Gasteiger partial charge in [-0.25, -0.2) is 13.4 Å². The molecule has 1 aromatic carbocycles. The van der Waals surface area contributed by atoms with Gasteiger partial charge < -0.3 is 9.84 Å². The predicted octanol–water partition coefficient (Wildman–Crippen LogP) is 5.35. The molecular weight excluding hydrogens is 348 g/mol. The third-order valence-electron chi connectivity index (χ3n) is 4.44. The second kappa shape index (κ2) is 9.51. The Morgan fingerprint density at radius 2 is 1.88 bits per heavy atom. The molecule has 26 heavy (non-hydrogen) atoms. The number of unbranched alkanes of at least 4 members (excludes halogenated alkanes) is 2. The summed E-state index contributed by atoms with van der Waals surface area (Å²) in [7, 11) is 0. The molecule has 6 heteroatoms. The number of hydrogen-bond acceptors (Lipinski definition) is 4. The number of amides is 1. The zero-order valence-electron chi connectivity index (χ0n) is 16.5. The van der Waals surface area contributed by atoms with Crippen LogP contribution in [0.25, 0.3) is 0 Å². The van der Waals surface area contributed by atoms with Crippen LogP contribution in [-0.4, -0.2) is 38.5 Å². The Balaban J connectivity index is 2.11. The fourth-order valence-electron chi connectivity index (χ4n) is 3.09. The molecule has 0 bridgehead atoms. The van der Waals surface area contributed by atoms with E-state index < -0.39 is 6.09 Å². The molecular formula is C20H32N2O3S. The van der Waals surface area contributed by atoms with Crippen LogP contribution < -0.4 is 4.74 Å². The van der Waals surface area contributed by atoms with Crippen LogP contribution in [0.15, 0.2) is 18.2 Å². The van der Waals surface area contributed by atoms with E-state index in [0.29, 0.717) is 6.54 Å². The van der Waals surface area contributed by atoms with Gasteiger partial charge in [-0.05, 0) is 32.3 Å². The summed E-state index contributed by atoms with van der Waals surface area (Å²) in [5.74, 6) is 0.859. The highest BCUT2D eigenvalue weighted by atomic mass is 32.2. The minimum Gasteiger partial charge on any atom is -0.487 e. The largest absolute Gasteiger partial charge is 0.487 e. The van der Waals surface area contributed by atoms with Gasteiger partial charge in [-0.15, -0.1) is 0 Å². The number of benzene rings is 1. The quantitative estimate of drug-likeness (QED) is 0.555. The van der Waals surface area contributed by atoms with Crippen LogP contribution in [0.5, 0.6) is 5.75 Å². The average Bonchev–Trinajstić information content (AvgIpc) is 2.91. The second-order valence-corrected chi connectivity index (χ2v) is 8.60. The summed E-state index contributed by atoms with van der Waals surface area (Å²) >= 11 is 1.33.